The fraction of sp³-hybridized carbons (Fsp3) is 0.200. The second-order valence-corrected chi connectivity index (χ2v) is 7.29. The Hall–Kier alpha value is -2.94. The zero-order valence-corrected chi connectivity index (χ0v) is 16.4. The molecule has 5 nitrogen and oxygen atoms in total. The van der Waals surface area contributed by atoms with Crippen molar-refractivity contribution in [2.75, 3.05) is 7.11 Å². The Morgan fingerprint density at radius 1 is 1.14 bits per heavy atom. The van der Waals surface area contributed by atoms with Gasteiger partial charge in [-0.3, -0.25) is 4.79 Å². The Balaban J connectivity index is 1.83. The lowest BCUT2D eigenvalue weighted by molar-refractivity contribution is -0.0328. The molecule has 1 amide bonds. The maximum Gasteiger partial charge on any atom is 0.446 e. The van der Waals surface area contributed by atoms with Crippen LogP contribution < -0.4 is 10.1 Å². The summed E-state index contributed by atoms with van der Waals surface area (Å²) in [6.45, 7) is 0. The summed E-state index contributed by atoms with van der Waals surface area (Å²) in [6, 6.07) is 11.9. The van der Waals surface area contributed by atoms with E-state index in [1.807, 2.05) is 19.2 Å². The van der Waals surface area contributed by atoms with Crippen LogP contribution in [0.5, 0.6) is 5.75 Å². The molecule has 0 radical (unpaired) electrons. The van der Waals surface area contributed by atoms with Gasteiger partial charge < -0.3 is 14.6 Å². The molecule has 0 saturated heterocycles. The number of imidazole rings is 1. The first-order valence-corrected chi connectivity index (χ1v) is 9.36. The van der Waals surface area contributed by atoms with Gasteiger partial charge in [0.25, 0.3) is 5.91 Å². The summed E-state index contributed by atoms with van der Waals surface area (Å²) in [4.78, 5) is 17.1. The lowest BCUT2D eigenvalue weighted by atomic mass is 10.0. The second-order valence-electron chi connectivity index (χ2n) is 6.15. The molecule has 0 aliphatic rings. The minimum Gasteiger partial charge on any atom is -0.497 e. The van der Waals surface area contributed by atoms with E-state index >= 15 is 0 Å². The van der Waals surface area contributed by atoms with Gasteiger partial charge in [-0.25, -0.2) is 4.98 Å². The standard InChI is InChI=1S/C20H18F3N3O2S/c1-26-12-11-24-18(26)17(13-3-7-15(28-2)8-4-13)25-19(27)14-5-9-16(10-6-14)29-20(21,22)23/h3-12,17H,1-2H3,(H,25,27). The lowest BCUT2D eigenvalue weighted by Gasteiger charge is -2.19. The Morgan fingerprint density at radius 3 is 2.31 bits per heavy atom. The van der Waals surface area contributed by atoms with Gasteiger partial charge in [-0.1, -0.05) is 12.1 Å². The van der Waals surface area contributed by atoms with Crippen molar-refractivity contribution < 1.29 is 22.7 Å². The van der Waals surface area contributed by atoms with Crippen molar-refractivity contribution in [3.8, 4) is 5.75 Å². The molecule has 0 bridgehead atoms. The summed E-state index contributed by atoms with van der Waals surface area (Å²) < 4.78 is 44.4. The zero-order chi connectivity index (χ0) is 21.0. The number of carbonyl (C=O) groups excluding carboxylic acids is 1. The van der Waals surface area contributed by atoms with Crippen LogP contribution >= 0.6 is 11.8 Å². The predicted octanol–water partition coefficient (Wildman–Crippen LogP) is 4.56. The normalized spacial score (nSPS) is 12.4. The van der Waals surface area contributed by atoms with Gasteiger partial charge in [0.1, 0.15) is 17.6 Å². The molecule has 1 heterocycles. The molecule has 0 aliphatic heterocycles. The molecule has 3 rings (SSSR count). The number of rotatable bonds is 6. The van der Waals surface area contributed by atoms with E-state index in [2.05, 4.69) is 10.3 Å². The largest absolute Gasteiger partial charge is 0.497 e. The number of amides is 1. The molecule has 9 heteroatoms. The topological polar surface area (TPSA) is 56.1 Å². The van der Waals surface area contributed by atoms with Gasteiger partial charge in [-0.15, -0.1) is 0 Å². The molecule has 0 saturated carbocycles. The third kappa shape index (κ3) is 5.32. The monoisotopic (exact) mass is 421 g/mol. The van der Waals surface area contributed by atoms with E-state index in [1.165, 1.54) is 24.3 Å². The van der Waals surface area contributed by atoms with Crippen LogP contribution in [0.2, 0.25) is 0 Å². The van der Waals surface area contributed by atoms with E-state index in [4.69, 9.17) is 4.74 Å². The average Bonchev–Trinajstić information content (AvgIpc) is 3.11. The number of nitrogens with zero attached hydrogens (tertiary/aromatic N) is 2. The number of hydrogen-bond acceptors (Lipinski definition) is 4. The van der Waals surface area contributed by atoms with E-state index in [1.54, 1.807) is 36.2 Å². The van der Waals surface area contributed by atoms with Crippen LogP contribution in [0.15, 0.2) is 65.8 Å². The summed E-state index contributed by atoms with van der Waals surface area (Å²) in [6.07, 6.45) is 3.39. The maximum atomic E-state index is 12.8. The third-order valence-electron chi connectivity index (χ3n) is 4.19. The van der Waals surface area contributed by atoms with Crippen LogP contribution in [-0.4, -0.2) is 28.1 Å². The molecule has 1 unspecified atom stereocenters. The summed E-state index contributed by atoms with van der Waals surface area (Å²) in [5.41, 5.74) is -3.33. The lowest BCUT2D eigenvalue weighted by Crippen LogP contribution is -2.31. The number of thioether (sulfide) groups is 1. The molecule has 0 aliphatic carbocycles. The number of carbonyl (C=O) groups is 1. The smallest absolute Gasteiger partial charge is 0.446 e. The average molecular weight is 421 g/mol. The fourth-order valence-electron chi connectivity index (χ4n) is 2.77. The van der Waals surface area contributed by atoms with Crippen LogP contribution in [0.4, 0.5) is 13.2 Å². The first kappa shape index (κ1) is 20.8. The van der Waals surface area contributed by atoms with E-state index in [0.717, 1.165) is 5.56 Å². The highest BCUT2D eigenvalue weighted by Gasteiger charge is 2.29. The highest BCUT2D eigenvalue weighted by atomic mass is 32.2. The molecular weight excluding hydrogens is 403 g/mol. The van der Waals surface area contributed by atoms with Gasteiger partial charge in [0.05, 0.1) is 7.11 Å². The Kier molecular flexibility index (Phi) is 6.17. The molecule has 3 aromatic rings. The number of aromatic nitrogens is 2. The molecule has 1 aromatic heterocycles. The Morgan fingerprint density at radius 2 is 1.79 bits per heavy atom. The van der Waals surface area contributed by atoms with Crippen molar-refractivity contribution in [1.82, 2.24) is 14.9 Å². The van der Waals surface area contributed by atoms with Crippen molar-refractivity contribution in [3.05, 3.63) is 77.9 Å². The summed E-state index contributed by atoms with van der Waals surface area (Å²) in [5.74, 6) is 0.876. The highest BCUT2D eigenvalue weighted by Crippen LogP contribution is 2.36. The number of hydrogen-bond donors (Lipinski definition) is 1. The number of aryl methyl sites for hydroxylation is 1. The van der Waals surface area contributed by atoms with Crippen LogP contribution in [0.3, 0.4) is 0 Å². The maximum absolute atomic E-state index is 12.8. The summed E-state index contributed by atoms with van der Waals surface area (Å²) in [7, 11) is 3.38. The Labute approximate surface area is 169 Å². The zero-order valence-electron chi connectivity index (χ0n) is 15.6. The summed E-state index contributed by atoms with van der Waals surface area (Å²) >= 11 is -0.222. The van der Waals surface area contributed by atoms with Crippen molar-refractivity contribution >= 4 is 17.7 Å². The molecular formula is C20H18F3N3O2S. The SMILES string of the molecule is COc1ccc(C(NC(=O)c2ccc(SC(F)(F)F)cc2)c2nccn2C)cc1. The van der Waals surface area contributed by atoms with Crippen molar-refractivity contribution in [3.63, 3.8) is 0 Å². The van der Waals surface area contributed by atoms with Gasteiger partial charge >= 0.3 is 5.51 Å². The van der Waals surface area contributed by atoms with Gasteiger partial charge in [0, 0.05) is 29.9 Å². The van der Waals surface area contributed by atoms with Crippen molar-refractivity contribution in [2.45, 2.75) is 16.4 Å². The van der Waals surface area contributed by atoms with Crippen LogP contribution in [0, 0.1) is 0 Å². The number of ether oxygens (including phenoxy) is 1. The molecule has 0 fully saturated rings. The van der Waals surface area contributed by atoms with Gasteiger partial charge in [-0.05, 0) is 53.7 Å². The highest BCUT2D eigenvalue weighted by molar-refractivity contribution is 8.00. The van der Waals surface area contributed by atoms with Crippen LogP contribution in [0.25, 0.3) is 0 Å². The number of alkyl halides is 3. The number of methoxy groups -OCH3 is 1. The number of nitrogens with one attached hydrogen (secondary N) is 1. The van der Waals surface area contributed by atoms with E-state index < -0.39 is 17.5 Å². The molecule has 152 valence electrons. The Bertz CT molecular complexity index is 970. The first-order valence-electron chi connectivity index (χ1n) is 8.54. The molecule has 1 atom stereocenters. The molecule has 2 aromatic carbocycles. The summed E-state index contributed by atoms with van der Waals surface area (Å²) in [5, 5.41) is 2.91. The van der Waals surface area contributed by atoms with Crippen molar-refractivity contribution in [1.29, 1.82) is 0 Å². The first-order chi connectivity index (χ1) is 13.8. The molecule has 1 N–H and O–H groups in total. The van der Waals surface area contributed by atoms with E-state index in [-0.39, 0.29) is 22.2 Å². The second kappa shape index (κ2) is 8.60. The van der Waals surface area contributed by atoms with Gasteiger partial charge in [0.15, 0.2) is 0 Å². The van der Waals surface area contributed by atoms with Crippen LogP contribution in [-0.2, 0) is 7.05 Å². The number of benzene rings is 2. The van der Waals surface area contributed by atoms with Crippen LogP contribution in [0.1, 0.15) is 27.8 Å². The van der Waals surface area contributed by atoms with E-state index in [0.29, 0.717) is 11.6 Å². The van der Waals surface area contributed by atoms with Crippen molar-refractivity contribution in [2.24, 2.45) is 7.05 Å². The molecule has 0 spiro atoms. The fourth-order valence-corrected chi connectivity index (χ4v) is 3.31. The van der Waals surface area contributed by atoms with E-state index in [9.17, 15) is 18.0 Å². The van der Waals surface area contributed by atoms with Gasteiger partial charge in [0.2, 0.25) is 0 Å². The number of halogens is 3. The third-order valence-corrected chi connectivity index (χ3v) is 4.93. The van der Waals surface area contributed by atoms with Gasteiger partial charge in [-0.2, -0.15) is 13.2 Å². The minimum absolute atomic E-state index is 0.0184. The predicted molar refractivity (Wildman–Crippen MR) is 104 cm³/mol. The molecule has 29 heavy (non-hydrogen) atoms. The minimum atomic E-state index is -4.37. The quantitative estimate of drug-likeness (QED) is 0.593.